The Hall–Kier alpha value is -3.45. The Bertz CT molecular complexity index is 1280. The van der Waals surface area contributed by atoms with E-state index in [4.69, 9.17) is 22.3 Å². The molecule has 0 saturated carbocycles. The molecule has 0 bridgehead atoms. The second kappa shape index (κ2) is 9.78. The molecule has 2 heterocycles. The van der Waals surface area contributed by atoms with Crippen molar-refractivity contribution in [2.75, 3.05) is 12.3 Å². The van der Waals surface area contributed by atoms with Gasteiger partial charge in [0.25, 0.3) is 5.91 Å². The maximum Gasteiger partial charge on any atom is 0.257 e. The van der Waals surface area contributed by atoms with Gasteiger partial charge in [-0.15, -0.1) is 0 Å². The van der Waals surface area contributed by atoms with E-state index in [0.717, 1.165) is 31.2 Å². The van der Waals surface area contributed by atoms with Gasteiger partial charge in [-0.05, 0) is 36.2 Å². The molecule has 4 rings (SSSR count). The monoisotopic (exact) mass is 448 g/mol. The number of nitrogens with two attached hydrogens (primary N) is 1. The Morgan fingerprint density at radius 1 is 1.09 bits per heavy atom. The fourth-order valence-electron chi connectivity index (χ4n) is 3.50. The maximum atomic E-state index is 13.0. The van der Waals surface area contributed by atoms with Crippen LogP contribution in [0, 0.1) is 0 Å². The van der Waals surface area contributed by atoms with Crippen molar-refractivity contribution in [2.45, 2.75) is 32.6 Å². The number of nitrogens with zero attached hydrogens (tertiary/aromatic N) is 4. The Morgan fingerprint density at radius 3 is 2.53 bits per heavy atom. The third kappa shape index (κ3) is 4.57. The zero-order chi connectivity index (χ0) is 22.5. The molecule has 3 N–H and O–H groups in total. The molecule has 1 amide bonds. The van der Waals surface area contributed by atoms with Crippen molar-refractivity contribution in [3.8, 4) is 0 Å². The third-order valence-electron chi connectivity index (χ3n) is 5.21. The molecule has 0 aliphatic carbocycles. The highest BCUT2D eigenvalue weighted by atomic mass is 35.5. The molecule has 4 aromatic rings. The number of nitrogens with one attached hydrogen (secondary N) is 1. The van der Waals surface area contributed by atoms with E-state index >= 15 is 0 Å². The van der Waals surface area contributed by atoms with Gasteiger partial charge in [0.15, 0.2) is 5.65 Å². The molecule has 0 spiro atoms. The number of carbonyl (C=O) groups is 1. The molecule has 0 aliphatic heterocycles. The van der Waals surface area contributed by atoms with Gasteiger partial charge in [0.1, 0.15) is 16.9 Å². The summed E-state index contributed by atoms with van der Waals surface area (Å²) in [7, 11) is 0. The van der Waals surface area contributed by atoms with Gasteiger partial charge >= 0.3 is 0 Å². The summed E-state index contributed by atoms with van der Waals surface area (Å²) in [5, 5.41) is 8.11. The fourth-order valence-corrected chi connectivity index (χ4v) is 3.63. The van der Waals surface area contributed by atoms with Crippen LogP contribution in [0.4, 0.5) is 5.82 Å². The lowest BCUT2D eigenvalue weighted by molar-refractivity contribution is 0.0955. The van der Waals surface area contributed by atoms with Crippen LogP contribution in [0.2, 0.25) is 5.02 Å². The minimum absolute atomic E-state index is 0.201. The molecule has 0 saturated heterocycles. The molecule has 0 aliphatic rings. The zero-order valence-corrected chi connectivity index (χ0v) is 18.6. The van der Waals surface area contributed by atoms with Crippen LogP contribution in [0.5, 0.6) is 0 Å². The standard InChI is InChI=1S/C24H25ClN6O/c1-2-3-4-7-14-27-24(32)20-21-23(30-19-9-6-5-8-18(19)29-21)31(22(20)26)28-15-16-10-12-17(25)13-11-16/h5-6,8-13,15H,2-4,7,14,26H2,1H3,(H,27,32). The zero-order valence-electron chi connectivity index (χ0n) is 17.9. The van der Waals surface area contributed by atoms with Gasteiger partial charge in [0.05, 0.1) is 17.2 Å². The summed E-state index contributed by atoms with van der Waals surface area (Å²) in [6.45, 7) is 2.74. The van der Waals surface area contributed by atoms with E-state index in [1.165, 1.54) is 4.68 Å². The second-order valence-electron chi connectivity index (χ2n) is 7.57. The molecular weight excluding hydrogens is 424 g/mol. The van der Waals surface area contributed by atoms with Gasteiger partial charge in [-0.1, -0.05) is 62.1 Å². The summed E-state index contributed by atoms with van der Waals surface area (Å²) in [4.78, 5) is 22.4. The largest absolute Gasteiger partial charge is 0.383 e. The SMILES string of the molecule is CCCCCCNC(=O)c1c(N)n(N=Cc2ccc(Cl)cc2)c2nc3ccccc3nc12. The van der Waals surface area contributed by atoms with Crippen LogP contribution in [-0.4, -0.2) is 33.3 Å². The Morgan fingerprint density at radius 2 is 1.81 bits per heavy atom. The number of aromatic nitrogens is 3. The van der Waals surface area contributed by atoms with E-state index in [-0.39, 0.29) is 11.7 Å². The predicted molar refractivity (Wildman–Crippen MR) is 130 cm³/mol. The lowest BCUT2D eigenvalue weighted by atomic mass is 10.2. The van der Waals surface area contributed by atoms with E-state index in [2.05, 4.69) is 22.3 Å². The van der Waals surface area contributed by atoms with E-state index in [0.29, 0.717) is 39.3 Å². The van der Waals surface area contributed by atoms with Crippen LogP contribution < -0.4 is 11.1 Å². The number of para-hydroxylation sites is 2. The summed E-state index contributed by atoms with van der Waals surface area (Å²) in [5.74, 6) is -0.0689. The highest BCUT2D eigenvalue weighted by Gasteiger charge is 2.23. The topological polar surface area (TPSA) is 98.2 Å². The van der Waals surface area contributed by atoms with Crippen molar-refractivity contribution >= 4 is 51.7 Å². The first-order chi connectivity index (χ1) is 15.6. The lowest BCUT2D eigenvalue weighted by Crippen LogP contribution is -2.25. The van der Waals surface area contributed by atoms with Crippen molar-refractivity contribution in [1.82, 2.24) is 20.0 Å². The smallest absolute Gasteiger partial charge is 0.257 e. The number of nitrogen functional groups attached to an aromatic ring is 1. The number of hydrogen-bond donors (Lipinski definition) is 2. The minimum atomic E-state index is -0.269. The molecule has 32 heavy (non-hydrogen) atoms. The number of benzene rings is 2. The summed E-state index contributed by atoms with van der Waals surface area (Å²) >= 11 is 5.96. The first-order valence-electron chi connectivity index (χ1n) is 10.7. The number of anilines is 1. The molecular formula is C24H25ClN6O. The van der Waals surface area contributed by atoms with Gasteiger partial charge in [0, 0.05) is 11.6 Å². The summed E-state index contributed by atoms with van der Waals surface area (Å²) < 4.78 is 1.47. The van der Waals surface area contributed by atoms with Gasteiger partial charge in [-0.3, -0.25) is 4.79 Å². The van der Waals surface area contributed by atoms with Crippen LogP contribution in [0.3, 0.4) is 0 Å². The van der Waals surface area contributed by atoms with Crippen molar-refractivity contribution in [3.05, 3.63) is 64.7 Å². The molecule has 0 radical (unpaired) electrons. The molecule has 8 heteroatoms. The third-order valence-corrected chi connectivity index (χ3v) is 5.46. The van der Waals surface area contributed by atoms with E-state index in [1.807, 2.05) is 36.4 Å². The molecule has 0 unspecified atom stereocenters. The van der Waals surface area contributed by atoms with E-state index in [1.54, 1.807) is 18.3 Å². The minimum Gasteiger partial charge on any atom is -0.383 e. The Balaban J connectivity index is 1.75. The Labute approximate surface area is 191 Å². The van der Waals surface area contributed by atoms with Gasteiger partial charge < -0.3 is 11.1 Å². The van der Waals surface area contributed by atoms with Crippen molar-refractivity contribution < 1.29 is 4.79 Å². The number of halogens is 1. The molecule has 2 aromatic heterocycles. The van der Waals surface area contributed by atoms with Crippen LogP contribution in [0.25, 0.3) is 22.2 Å². The molecule has 164 valence electrons. The van der Waals surface area contributed by atoms with Crippen molar-refractivity contribution in [3.63, 3.8) is 0 Å². The molecule has 0 fully saturated rings. The number of carbonyl (C=O) groups excluding carboxylic acids is 1. The Kier molecular flexibility index (Phi) is 6.66. The fraction of sp³-hybridized carbons (Fsp3) is 0.250. The first-order valence-corrected chi connectivity index (χ1v) is 11.1. The molecule has 2 aromatic carbocycles. The van der Waals surface area contributed by atoms with Gasteiger partial charge in [0.2, 0.25) is 0 Å². The average molecular weight is 449 g/mol. The van der Waals surface area contributed by atoms with Crippen LogP contribution >= 0.6 is 11.6 Å². The summed E-state index contributed by atoms with van der Waals surface area (Å²) in [6, 6.07) is 14.8. The van der Waals surface area contributed by atoms with Gasteiger partial charge in [-0.2, -0.15) is 9.78 Å². The second-order valence-corrected chi connectivity index (χ2v) is 8.01. The van der Waals surface area contributed by atoms with Crippen LogP contribution in [0.15, 0.2) is 53.6 Å². The molecule has 0 atom stereocenters. The van der Waals surface area contributed by atoms with E-state index < -0.39 is 0 Å². The summed E-state index contributed by atoms with van der Waals surface area (Å²) in [6.07, 6.45) is 5.93. The number of fused-ring (bicyclic) bond motifs is 2. The lowest BCUT2D eigenvalue weighted by Gasteiger charge is -2.05. The predicted octanol–water partition coefficient (Wildman–Crippen LogP) is 5.01. The molecule has 7 nitrogen and oxygen atoms in total. The van der Waals surface area contributed by atoms with Crippen LogP contribution in [0.1, 0.15) is 48.5 Å². The quantitative estimate of drug-likeness (QED) is 0.292. The van der Waals surface area contributed by atoms with Crippen molar-refractivity contribution in [1.29, 1.82) is 0 Å². The van der Waals surface area contributed by atoms with Gasteiger partial charge in [-0.25, -0.2) is 9.97 Å². The van der Waals surface area contributed by atoms with E-state index in [9.17, 15) is 4.79 Å². The number of hydrogen-bond acceptors (Lipinski definition) is 5. The highest BCUT2D eigenvalue weighted by molar-refractivity contribution is 6.30. The average Bonchev–Trinajstić information content (AvgIpc) is 3.07. The summed E-state index contributed by atoms with van der Waals surface area (Å²) in [5.41, 5.74) is 9.80. The normalized spacial score (nSPS) is 11.6. The van der Waals surface area contributed by atoms with Crippen LogP contribution in [-0.2, 0) is 0 Å². The highest BCUT2D eigenvalue weighted by Crippen LogP contribution is 2.27. The number of rotatable bonds is 8. The number of amides is 1. The van der Waals surface area contributed by atoms with Crippen molar-refractivity contribution in [2.24, 2.45) is 5.10 Å². The first kappa shape index (κ1) is 21.8. The number of unbranched alkanes of at least 4 members (excludes halogenated alkanes) is 3. The maximum absolute atomic E-state index is 13.0.